The zero-order valence-corrected chi connectivity index (χ0v) is 19.5. The number of guanidine groups is 1. The summed E-state index contributed by atoms with van der Waals surface area (Å²) < 4.78 is 19.0. The molecular formula is C23H25FIN5O. The lowest BCUT2D eigenvalue weighted by Crippen LogP contribution is -2.38. The Bertz CT molecular complexity index is 1140. The van der Waals surface area contributed by atoms with Gasteiger partial charge in [-0.1, -0.05) is 35.5 Å². The van der Waals surface area contributed by atoms with E-state index >= 15 is 0 Å². The molecular weight excluding hydrogens is 508 g/mol. The fourth-order valence-corrected chi connectivity index (χ4v) is 3.30. The molecule has 2 aromatic heterocycles. The highest BCUT2D eigenvalue weighted by atomic mass is 127. The first-order valence-corrected chi connectivity index (χ1v) is 10.0. The molecule has 0 unspecified atom stereocenters. The predicted octanol–water partition coefficient (Wildman–Crippen LogP) is 4.88. The molecule has 0 saturated carbocycles. The first-order valence-electron chi connectivity index (χ1n) is 10.0. The second-order valence-electron chi connectivity index (χ2n) is 6.92. The van der Waals surface area contributed by atoms with Crippen molar-refractivity contribution in [3.63, 3.8) is 0 Å². The van der Waals surface area contributed by atoms with Gasteiger partial charge in [0, 0.05) is 41.8 Å². The van der Waals surface area contributed by atoms with E-state index in [1.54, 1.807) is 12.1 Å². The van der Waals surface area contributed by atoms with Gasteiger partial charge in [0.25, 0.3) is 0 Å². The highest BCUT2D eigenvalue weighted by Gasteiger charge is 2.08. The van der Waals surface area contributed by atoms with Crippen LogP contribution in [-0.4, -0.2) is 29.2 Å². The van der Waals surface area contributed by atoms with Gasteiger partial charge in [0.15, 0.2) is 11.7 Å². The normalized spacial score (nSPS) is 11.4. The summed E-state index contributed by atoms with van der Waals surface area (Å²) in [7, 11) is 0. The topological polar surface area (TPSA) is 78.2 Å². The van der Waals surface area contributed by atoms with Crippen molar-refractivity contribution in [1.29, 1.82) is 0 Å². The van der Waals surface area contributed by atoms with Crippen molar-refractivity contribution in [2.24, 2.45) is 4.99 Å². The third kappa shape index (κ3) is 5.84. The maximum absolute atomic E-state index is 13.5. The second kappa shape index (κ2) is 10.9. The van der Waals surface area contributed by atoms with Crippen LogP contribution in [0.4, 0.5) is 4.39 Å². The second-order valence-corrected chi connectivity index (χ2v) is 6.92. The molecule has 0 amide bonds. The summed E-state index contributed by atoms with van der Waals surface area (Å²) in [5, 5.41) is 11.6. The molecule has 2 heterocycles. The van der Waals surface area contributed by atoms with E-state index in [1.165, 1.54) is 6.07 Å². The lowest BCUT2D eigenvalue weighted by Gasteiger charge is -2.10. The minimum absolute atomic E-state index is 0. The van der Waals surface area contributed by atoms with Gasteiger partial charge >= 0.3 is 0 Å². The van der Waals surface area contributed by atoms with Crippen LogP contribution in [0.25, 0.3) is 22.2 Å². The van der Waals surface area contributed by atoms with E-state index in [0.29, 0.717) is 19.0 Å². The van der Waals surface area contributed by atoms with Crippen LogP contribution < -0.4 is 10.6 Å². The summed E-state index contributed by atoms with van der Waals surface area (Å²) in [4.78, 5) is 7.77. The van der Waals surface area contributed by atoms with Crippen molar-refractivity contribution in [1.82, 2.24) is 20.8 Å². The van der Waals surface area contributed by atoms with Crippen LogP contribution in [0.5, 0.6) is 0 Å². The molecule has 2 aromatic carbocycles. The predicted molar refractivity (Wildman–Crippen MR) is 132 cm³/mol. The quantitative estimate of drug-likeness (QED) is 0.180. The van der Waals surface area contributed by atoms with Gasteiger partial charge in [0.1, 0.15) is 11.5 Å². The van der Waals surface area contributed by atoms with Crippen LogP contribution in [0.15, 0.2) is 70.3 Å². The van der Waals surface area contributed by atoms with E-state index in [4.69, 9.17) is 4.52 Å². The number of nitrogens with one attached hydrogen (secondary N) is 3. The first-order chi connectivity index (χ1) is 14.7. The molecule has 31 heavy (non-hydrogen) atoms. The Kier molecular flexibility index (Phi) is 8.05. The lowest BCUT2D eigenvalue weighted by molar-refractivity contribution is 0.424. The number of rotatable bonds is 7. The van der Waals surface area contributed by atoms with E-state index in [9.17, 15) is 4.39 Å². The van der Waals surface area contributed by atoms with Crippen molar-refractivity contribution >= 4 is 40.8 Å². The van der Waals surface area contributed by atoms with E-state index in [2.05, 4.69) is 25.8 Å². The number of aliphatic imine (C=N–C) groups is 1. The number of nitrogens with zero attached hydrogens (tertiary/aromatic N) is 2. The molecule has 4 aromatic rings. The number of benzene rings is 2. The van der Waals surface area contributed by atoms with E-state index in [1.807, 2.05) is 49.5 Å². The summed E-state index contributed by atoms with van der Waals surface area (Å²) in [6.45, 7) is 3.84. The van der Waals surface area contributed by atoms with Gasteiger partial charge < -0.3 is 20.1 Å². The largest absolute Gasteiger partial charge is 0.361 e. The number of hydrogen-bond acceptors (Lipinski definition) is 3. The molecule has 0 aliphatic heterocycles. The van der Waals surface area contributed by atoms with Crippen LogP contribution in [0.2, 0.25) is 0 Å². The highest BCUT2D eigenvalue weighted by Crippen LogP contribution is 2.20. The third-order valence-corrected chi connectivity index (χ3v) is 4.78. The zero-order valence-electron chi connectivity index (χ0n) is 17.2. The summed E-state index contributed by atoms with van der Waals surface area (Å²) in [6, 6.07) is 16.5. The fraction of sp³-hybridized carbons (Fsp3) is 0.217. The van der Waals surface area contributed by atoms with E-state index in [0.717, 1.165) is 46.4 Å². The van der Waals surface area contributed by atoms with Crippen LogP contribution in [0, 0.1) is 5.82 Å². The molecule has 8 heteroatoms. The average Bonchev–Trinajstić information content (AvgIpc) is 3.40. The number of aromatic amines is 1. The SMILES string of the molecule is CCNC(=NCc1cc(-c2ccccc2)on1)NCCc1c[nH]c2ccc(F)cc12.I. The molecule has 162 valence electrons. The van der Waals surface area contributed by atoms with Gasteiger partial charge in [-0.25, -0.2) is 9.38 Å². The van der Waals surface area contributed by atoms with Gasteiger partial charge in [0.2, 0.25) is 0 Å². The van der Waals surface area contributed by atoms with Crippen LogP contribution in [0.3, 0.4) is 0 Å². The molecule has 0 bridgehead atoms. The van der Waals surface area contributed by atoms with Crippen LogP contribution >= 0.6 is 24.0 Å². The minimum Gasteiger partial charge on any atom is -0.361 e. The third-order valence-electron chi connectivity index (χ3n) is 4.78. The van der Waals surface area contributed by atoms with Crippen molar-refractivity contribution in [3.05, 3.63) is 77.9 Å². The number of halogens is 2. The fourth-order valence-electron chi connectivity index (χ4n) is 3.30. The van der Waals surface area contributed by atoms with Crippen molar-refractivity contribution in [2.45, 2.75) is 19.9 Å². The summed E-state index contributed by atoms with van der Waals surface area (Å²) in [5.41, 5.74) is 3.75. The van der Waals surface area contributed by atoms with Gasteiger partial charge in [0.05, 0.1) is 6.54 Å². The molecule has 0 aliphatic rings. The van der Waals surface area contributed by atoms with Gasteiger partial charge in [-0.05, 0) is 37.1 Å². The number of aromatic nitrogens is 2. The van der Waals surface area contributed by atoms with Crippen molar-refractivity contribution in [2.75, 3.05) is 13.1 Å². The van der Waals surface area contributed by atoms with Crippen LogP contribution in [-0.2, 0) is 13.0 Å². The van der Waals surface area contributed by atoms with Gasteiger partial charge in [-0.3, -0.25) is 0 Å². The summed E-state index contributed by atoms with van der Waals surface area (Å²) in [6.07, 6.45) is 2.67. The van der Waals surface area contributed by atoms with Crippen molar-refractivity contribution in [3.8, 4) is 11.3 Å². The summed E-state index contributed by atoms with van der Waals surface area (Å²) in [5.74, 6) is 1.20. The Balaban J connectivity index is 0.00000272. The molecule has 4 rings (SSSR count). The highest BCUT2D eigenvalue weighted by molar-refractivity contribution is 14.0. The molecule has 0 atom stereocenters. The minimum atomic E-state index is -0.228. The molecule has 0 saturated heterocycles. The van der Waals surface area contributed by atoms with Crippen molar-refractivity contribution < 1.29 is 8.91 Å². The van der Waals surface area contributed by atoms with Gasteiger partial charge in [-0.2, -0.15) is 0 Å². The molecule has 0 fully saturated rings. The lowest BCUT2D eigenvalue weighted by atomic mass is 10.1. The standard InChI is InChI=1S/C23H24FN5O.HI/c1-2-25-23(26-11-10-17-14-27-21-9-8-18(24)12-20(17)21)28-15-19-13-22(30-29-19)16-6-4-3-5-7-16;/h3-9,12-14,27H,2,10-11,15H2,1H3,(H2,25,26,28);1H. The average molecular weight is 533 g/mol. The number of hydrogen-bond donors (Lipinski definition) is 3. The number of fused-ring (bicyclic) bond motifs is 1. The summed E-state index contributed by atoms with van der Waals surface area (Å²) >= 11 is 0. The maximum atomic E-state index is 13.5. The zero-order chi connectivity index (χ0) is 20.8. The van der Waals surface area contributed by atoms with Crippen LogP contribution in [0.1, 0.15) is 18.2 Å². The van der Waals surface area contributed by atoms with E-state index < -0.39 is 0 Å². The first kappa shape index (κ1) is 22.8. The van der Waals surface area contributed by atoms with Gasteiger partial charge in [-0.15, -0.1) is 24.0 Å². The molecule has 3 N–H and O–H groups in total. The maximum Gasteiger partial charge on any atom is 0.191 e. The van der Waals surface area contributed by atoms with E-state index in [-0.39, 0.29) is 29.8 Å². The molecule has 0 spiro atoms. The Morgan fingerprint density at radius 1 is 1.13 bits per heavy atom. The molecule has 0 aliphatic carbocycles. The molecule has 6 nitrogen and oxygen atoms in total. The molecule has 0 radical (unpaired) electrons. The monoisotopic (exact) mass is 533 g/mol. The Labute approximate surface area is 197 Å². The Hall–Kier alpha value is -2.88. The Morgan fingerprint density at radius 2 is 1.97 bits per heavy atom. The smallest absolute Gasteiger partial charge is 0.191 e. The Morgan fingerprint density at radius 3 is 2.77 bits per heavy atom. The number of H-pyrrole nitrogens is 1.